The van der Waals surface area contributed by atoms with Gasteiger partial charge in [-0.25, -0.2) is 0 Å². The molecule has 0 saturated carbocycles. The summed E-state index contributed by atoms with van der Waals surface area (Å²) in [6.07, 6.45) is 0. The van der Waals surface area contributed by atoms with Gasteiger partial charge < -0.3 is 23.9 Å². The van der Waals surface area contributed by atoms with Gasteiger partial charge in [0.15, 0.2) is 0 Å². The van der Waals surface area contributed by atoms with Gasteiger partial charge in [-0.15, -0.1) is 8.60 Å². The monoisotopic (exact) mass is 184 g/mol. The summed E-state index contributed by atoms with van der Waals surface area (Å²) in [4.78, 5) is 34.1. The molecule has 0 bridgehead atoms. The Morgan fingerprint density at radius 1 is 1.25 bits per heavy atom. The average Bonchev–Trinajstić information content (AvgIpc) is 1.27. The molecular formula is H2CaO5P2. The molecule has 0 saturated heterocycles. The fourth-order valence-electron chi connectivity index (χ4n) is 0.0596. The van der Waals surface area contributed by atoms with E-state index in [1.54, 1.807) is 0 Å². The summed E-state index contributed by atoms with van der Waals surface area (Å²) in [7, 11) is -5.85. The minimum absolute atomic E-state index is 0. The van der Waals surface area contributed by atoms with Gasteiger partial charge in [0, 0.05) is 0 Å². The fourth-order valence-corrected chi connectivity index (χ4v) is 0.537. The van der Waals surface area contributed by atoms with E-state index in [4.69, 9.17) is 9.79 Å². The first-order chi connectivity index (χ1) is 3.13. The Balaban J connectivity index is 0. The molecule has 2 N–H and O–H groups in total. The minimum atomic E-state index is -3.11. The van der Waals surface area contributed by atoms with Crippen molar-refractivity contribution in [1.29, 1.82) is 0 Å². The third-order valence-corrected chi connectivity index (χ3v) is 1.26. The van der Waals surface area contributed by atoms with Crippen LogP contribution in [0.2, 0.25) is 0 Å². The molecule has 0 aliphatic carbocycles. The Morgan fingerprint density at radius 3 is 1.62 bits per heavy atom. The normalized spacial score (nSPS) is 9.75. The van der Waals surface area contributed by atoms with E-state index < -0.39 is 17.2 Å². The Morgan fingerprint density at radius 2 is 1.62 bits per heavy atom. The fraction of sp³-hybridized carbons (Fsp3) is 0. The van der Waals surface area contributed by atoms with Gasteiger partial charge in [0.1, 0.15) is 0 Å². The quantitative estimate of drug-likeness (QED) is 0.374. The maximum absolute atomic E-state index is 9.32. The van der Waals surface area contributed by atoms with E-state index in [1.165, 1.54) is 0 Å². The van der Waals surface area contributed by atoms with Crippen molar-refractivity contribution in [3.05, 3.63) is 0 Å². The molecule has 0 atom stereocenters. The molecule has 0 spiro atoms. The van der Waals surface area contributed by atoms with E-state index in [0.717, 1.165) is 0 Å². The summed E-state index contributed by atoms with van der Waals surface area (Å²) < 4.78 is 3.38. The van der Waals surface area contributed by atoms with Crippen LogP contribution >= 0.6 is 17.2 Å². The molecule has 44 valence electrons. The molecule has 0 radical (unpaired) electrons. The summed E-state index contributed by atoms with van der Waals surface area (Å²) in [6, 6.07) is 0. The van der Waals surface area contributed by atoms with Crippen LogP contribution in [0, 0.1) is 0 Å². The summed E-state index contributed by atoms with van der Waals surface area (Å²) in [6.45, 7) is 0. The van der Waals surface area contributed by atoms with Gasteiger partial charge in [0.2, 0.25) is 0 Å². The molecule has 0 aliphatic rings. The van der Waals surface area contributed by atoms with Crippen molar-refractivity contribution in [2.45, 2.75) is 0 Å². The molecule has 0 unspecified atom stereocenters. The summed E-state index contributed by atoms with van der Waals surface area (Å²) >= 11 is 0. The predicted molar refractivity (Wildman–Crippen MR) is 25.1 cm³/mol. The molecular weight excluding hydrogens is 182 g/mol. The molecule has 0 rings (SSSR count). The third kappa shape index (κ3) is 10.8. The standard InChI is InChI=1S/Ca.H2O5P2/c;1-6(2)5-7(3)4/h;1-2H/q+2;-2. The van der Waals surface area contributed by atoms with Gasteiger partial charge >= 0.3 is 46.3 Å². The molecule has 0 heterocycles. The predicted octanol–water partition coefficient (Wildman–Crippen LogP) is -2.22. The molecule has 8 heteroatoms. The molecule has 0 aromatic rings. The molecule has 0 fully saturated rings. The van der Waals surface area contributed by atoms with Crippen molar-refractivity contribution < 1.29 is 23.9 Å². The van der Waals surface area contributed by atoms with E-state index in [0.29, 0.717) is 0 Å². The van der Waals surface area contributed by atoms with Crippen molar-refractivity contribution in [2.75, 3.05) is 0 Å². The van der Waals surface area contributed by atoms with E-state index in [1.807, 2.05) is 0 Å². The van der Waals surface area contributed by atoms with Crippen molar-refractivity contribution in [3.8, 4) is 0 Å². The third-order valence-electron chi connectivity index (χ3n) is 0.140. The zero-order chi connectivity index (χ0) is 5.86. The summed E-state index contributed by atoms with van der Waals surface area (Å²) in [5, 5.41) is 0. The second-order valence-corrected chi connectivity index (χ2v) is 2.16. The van der Waals surface area contributed by atoms with Gasteiger partial charge in [0.05, 0.1) is 0 Å². The first-order valence-corrected chi connectivity index (χ1v) is 3.39. The Labute approximate surface area is 78.3 Å². The number of hydrogen-bond donors (Lipinski definition) is 2. The SMILES string of the molecule is [Ca+2].[O-]P([O-])OP(O)O. The first kappa shape index (κ1) is 12.6. The van der Waals surface area contributed by atoms with E-state index in [2.05, 4.69) is 4.31 Å². The smallest absolute Gasteiger partial charge is 0.820 e. The van der Waals surface area contributed by atoms with Crippen LogP contribution in [-0.2, 0) is 4.31 Å². The molecule has 8 heavy (non-hydrogen) atoms. The zero-order valence-electron chi connectivity index (χ0n) is 3.72. The molecule has 0 aliphatic heterocycles. The van der Waals surface area contributed by atoms with Crippen LogP contribution in [0.4, 0.5) is 0 Å². The first-order valence-electron chi connectivity index (χ1n) is 1.13. The second-order valence-electron chi connectivity index (χ2n) is 0.558. The van der Waals surface area contributed by atoms with Gasteiger partial charge in [-0.3, -0.25) is 0 Å². The largest absolute Gasteiger partial charge is 2.00 e. The molecule has 0 aromatic carbocycles. The Hall–Kier alpha value is 1.92. The van der Waals surface area contributed by atoms with E-state index in [9.17, 15) is 9.79 Å². The Bertz CT molecular complexity index is 39.7. The molecule has 5 nitrogen and oxygen atoms in total. The van der Waals surface area contributed by atoms with Crippen LogP contribution in [0.1, 0.15) is 0 Å². The van der Waals surface area contributed by atoms with Crippen LogP contribution in [0.5, 0.6) is 0 Å². The van der Waals surface area contributed by atoms with Crippen LogP contribution in [-0.4, -0.2) is 47.5 Å². The summed E-state index contributed by atoms with van der Waals surface area (Å²) in [5.41, 5.74) is 0. The summed E-state index contributed by atoms with van der Waals surface area (Å²) in [5.74, 6) is 0. The van der Waals surface area contributed by atoms with Crippen molar-refractivity contribution in [3.63, 3.8) is 0 Å². The maximum atomic E-state index is 9.32. The van der Waals surface area contributed by atoms with Crippen LogP contribution in [0.3, 0.4) is 0 Å². The second kappa shape index (κ2) is 7.03. The minimum Gasteiger partial charge on any atom is -0.820 e. The van der Waals surface area contributed by atoms with Gasteiger partial charge in [-0.1, -0.05) is 0 Å². The van der Waals surface area contributed by atoms with Crippen molar-refractivity contribution in [1.82, 2.24) is 0 Å². The van der Waals surface area contributed by atoms with E-state index >= 15 is 0 Å². The van der Waals surface area contributed by atoms with Crippen molar-refractivity contribution in [2.24, 2.45) is 0 Å². The van der Waals surface area contributed by atoms with Crippen LogP contribution in [0.15, 0.2) is 0 Å². The van der Waals surface area contributed by atoms with Crippen molar-refractivity contribution >= 4 is 54.9 Å². The number of hydrogen-bond acceptors (Lipinski definition) is 5. The molecule has 0 amide bonds. The number of rotatable bonds is 2. The van der Waals surface area contributed by atoms with Gasteiger partial charge in [-0.05, 0) is 0 Å². The van der Waals surface area contributed by atoms with Gasteiger partial charge in [0.25, 0.3) is 0 Å². The van der Waals surface area contributed by atoms with E-state index in [-0.39, 0.29) is 37.7 Å². The zero-order valence-corrected chi connectivity index (χ0v) is 7.72. The van der Waals surface area contributed by atoms with Crippen LogP contribution < -0.4 is 9.79 Å². The van der Waals surface area contributed by atoms with Crippen LogP contribution in [0.25, 0.3) is 0 Å². The molecule has 0 aromatic heterocycles. The Kier molecular flexibility index (Phi) is 11.1. The van der Waals surface area contributed by atoms with Gasteiger partial charge in [-0.2, -0.15) is 0 Å². The maximum Gasteiger partial charge on any atom is 2.00 e. The topological polar surface area (TPSA) is 95.8 Å². The average molecular weight is 184 g/mol.